The second-order valence-corrected chi connectivity index (χ2v) is 18.4. The Morgan fingerprint density at radius 3 is 2.37 bits per heavy atom. The van der Waals surface area contributed by atoms with Gasteiger partial charge in [0.25, 0.3) is 11.8 Å². The lowest BCUT2D eigenvalue weighted by molar-refractivity contribution is -0.235. The van der Waals surface area contributed by atoms with Crippen molar-refractivity contribution in [2.75, 3.05) is 18.5 Å². The van der Waals surface area contributed by atoms with E-state index >= 15 is 8.78 Å². The Kier molecular flexibility index (Phi) is 11.9. The van der Waals surface area contributed by atoms with Crippen LogP contribution in [0.15, 0.2) is 84.5 Å². The molecule has 0 radical (unpaired) electrons. The number of nitrogens with zero attached hydrogens (tertiary/aromatic N) is 1. The van der Waals surface area contributed by atoms with Crippen molar-refractivity contribution in [3.63, 3.8) is 0 Å². The van der Waals surface area contributed by atoms with Gasteiger partial charge in [-0.2, -0.15) is 0 Å². The first-order valence-electron chi connectivity index (χ1n) is 21.7. The second kappa shape index (κ2) is 16.9. The SMILES string of the molecule is C[C@H](CC(=O)[C@H](C)NC(=O)CCN1C(=O)C=CC1=O)C(=O)Nc1cccc(Oc2ccc(C3O[C@@H]4C[C@H]5[C@@H]6C[C@H](F)C7=CC(=O)C=C[C@]7(C)[C@@]6(F)[C@@H](O)C[C@]5(C)[C@]4(C(=O)CO)O3)cc2)c1. The molecular weight excluding hydrogens is 849 g/mol. The molecular formula is C48H51F2N3O12. The number of benzene rings is 2. The lowest BCUT2D eigenvalue weighted by atomic mass is 9.44. The van der Waals surface area contributed by atoms with E-state index in [-0.39, 0.29) is 50.0 Å². The predicted octanol–water partition coefficient (Wildman–Crippen LogP) is 4.48. The third-order valence-electron chi connectivity index (χ3n) is 14.7. The van der Waals surface area contributed by atoms with Crippen LogP contribution in [0, 0.1) is 28.6 Å². The minimum atomic E-state index is -2.37. The number of rotatable bonds is 14. The van der Waals surface area contributed by atoms with E-state index in [9.17, 15) is 43.8 Å². The predicted molar refractivity (Wildman–Crippen MR) is 226 cm³/mol. The van der Waals surface area contributed by atoms with Crippen LogP contribution in [-0.4, -0.2) is 105 Å². The summed E-state index contributed by atoms with van der Waals surface area (Å²) >= 11 is 0. The minimum absolute atomic E-state index is 0.0110. The molecule has 1 saturated heterocycles. The summed E-state index contributed by atoms with van der Waals surface area (Å²) in [7, 11) is 0. The molecule has 4 aliphatic carbocycles. The number of allylic oxidation sites excluding steroid dienone is 4. The van der Waals surface area contributed by atoms with Gasteiger partial charge in [-0.1, -0.05) is 38.1 Å². The molecule has 17 heteroatoms. The van der Waals surface area contributed by atoms with E-state index < -0.39 is 112 Å². The molecule has 65 heavy (non-hydrogen) atoms. The highest BCUT2D eigenvalue weighted by molar-refractivity contribution is 6.13. The molecule has 0 bridgehead atoms. The Morgan fingerprint density at radius 2 is 1.68 bits per heavy atom. The van der Waals surface area contributed by atoms with Crippen LogP contribution >= 0.6 is 0 Å². The topological polar surface area (TPSA) is 215 Å². The fourth-order valence-electron chi connectivity index (χ4n) is 11.3. The molecule has 4 N–H and O–H groups in total. The van der Waals surface area contributed by atoms with Gasteiger partial charge in [-0.25, -0.2) is 8.78 Å². The van der Waals surface area contributed by atoms with Gasteiger partial charge in [0.2, 0.25) is 11.8 Å². The molecule has 0 aromatic heterocycles. The number of imide groups is 1. The molecule has 1 unspecified atom stereocenters. The zero-order valence-electron chi connectivity index (χ0n) is 36.3. The number of Topliss-reactive ketones (excluding diaryl/α,β-unsaturated/α-hetero) is 2. The zero-order chi connectivity index (χ0) is 46.8. The molecule has 2 aromatic carbocycles. The maximum absolute atomic E-state index is 17.7. The number of nitrogens with one attached hydrogen (secondary N) is 2. The largest absolute Gasteiger partial charge is 0.457 e. The first kappa shape index (κ1) is 45.8. The van der Waals surface area contributed by atoms with E-state index in [0.29, 0.717) is 22.7 Å². The third kappa shape index (κ3) is 7.55. The molecule has 8 rings (SSSR count). The molecule has 2 aliphatic heterocycles. The molecule has 2 aromatic rings. The van der Waals surface area contributed by atoms with Crippen LogP contribution < -0.4 is 15.4 Å². The molecule has 2 heterocycles. The molecule has 344 valence electrons. The number of amides is 4. The lowest BCUT2D eigenvalue weighted by Crippen LogP contribution is -2.70. The third-order valence-corrected chi connectivity index (χ3v) is 14.7. The van der Waals surface area contributed by atoms with Gasteiger partial charge in [0.1, 0.15) is 24.3 Å². The number of hydrogen-bond acceptors (Lipinski definition) is 12. The molecule has 15 nitrogen and oxygen atoms in total. The highest BCUT2D eigenvalue weighted by atomic mass is 19.1. The normalized spacial score (nSPS) is 34.2. The number of halogens is 2. The summed E-state index contributed by atoms with van der Waals surface area (Å²) in [5.74, 6) is -5.31. The van der Waals surface area contributed by atoms with Crippen LogP contribution in [0.4, 0.5) is 14.5 Å². The summed E-state index contributed by atoms with van der Waals surface area (Å²) in [5, 5.41) is 27.4. The van der Waals surface area contributed by atoms with Gasteiger partial charge >= 0.3 is 0 Å². The maximum Gasteiger partial charge on any atom is 0.253 e. The maximum atomic E-state index is 17.7. The molecule has 4 fully saturated rings. The van der Waals surface area contributed by atoms with Crippen molar-refractivity contribution in [1.29, 1.82) is 0 Å². The first-order chi connectivity index (χ1) is 30.7. The number of fused-ring (bicyclic) bond motifs is 7. The molecule has 3 saturated carbocycles. The Bertz CT molecular complexity index is 2420. The van der Waals surface area contributed by atoms with Gasteiger partial charge in [0.15, 0.2) is 34.9 Å². The quantitative estimate of drug-likeness (QED) is 0.193. The number of aliphatic hydroxyl groups is 2. The summed E-state index contributed by atoms with van der Waals surface area (Å²) < 4.78 is 52.8. The molecule has 4 amide bonds. The van der Waals surface area contributed by atoms with Gasteiger partial charge < -0.3 is 35.1 Å². The molecule has 12 atom stereocenters. The van der Waals surface area contributed by atoms with Crippen LogP contribution in [-0.2, 0) is 43.0 Å². The van der Waals surface area contributed by atoms with Crippen LogP contribution in [0.2, 0.25) is 0 Å². The van der Waals surface area contributed by atoms with Crippen molar-refractivity contribution in [2.24, 2.45) is 28.6 Å². The fraction of sp³-hybridized carbons (Fsp3) is 0.479. The summed E-state index contributed by atoms with van der Waals surface area (Å²) in [4.78, 5) is 88.8. The Balaban J connectivity index is 0.887. The number of ether oxygens (including phenoxy) is 3. The average Bonchev–Trinajstić information content (AvgIpc) is 3.89. The van der Waals surface area contributed by atoms with Gasteiger partial charge in [0, 0.05) is 71.5 Å². The first-order valence-corrected chi connectivity index (χ1v) is 21.7. The summed E-state index contributed by atoms with van der Waals surface area (Å²) in [6, 6.07) is 12.3. The van der Waals surface area contributed by atoms with Gasteiger partial charge in [-0.3, -0.25) is 38.5 Å². The van der Waals surface area contributed by atoms with E-state index in [1.54, 1.807) is 62.4 Å². The van der Waals surface area contributed by atoms with Crippen molar-refractivity contribution in [1.82, 2.24) is 10.2 Å². The van der Waals surface area contributed by atoms with Crippen molar-refractivity contribution < 1.29 is 66.8 Å². The average molecular weight is 900 g/mol. The Morgan fingerprint density at radius 1 is 0.969 bits per heavy atom. The summed E-state index contributed by atoms with van der Waals surface area (Å²) in [6.07, 6.45) is -0.318. The van der Waals surface area contributed by atoms with Crippen LogP contribution in [0.5, 0.6) is 11.5 Å². The van der Waals surface area contributed by atoms with Crippen LogP contribution in [0.1, 0.15) is 71.7 Å². The van der Waals surface area contributed by atoms with E-state index in [1.165, 1.54) is 26.0 Å². The van der Waals surface area contributed by atoms with Gasteiger partial charge in [-0.15, -0.1) is 0 Å². The van der Waals surface area contributed by atoms with Gasteiger partial charge in [0.05, 0.1) is 18.2 Å². The minimum Gasteiger partial charge on any atom is -0.457 e. The van der Waals surface area contributed by atoms with E-state index in [2.05, 4.69) is 10.6 Å². The number of hydrogen-bond donors (Lipinski definition) is 4. The van der Waals surface area contributed by atoms with Crippen LogP contribution in [0.25, 0.3) is 0 Å². The fourth-order valence-corrected chi connectivity index (χ4v) is 11.3. The van der Waals surface area contributed by atoms with Crippen molar-refractivity contribution in [3.05, 3.63) is 90.0 Å². The standard InChI is InChI=1S/C48H51F2N3O12/c1-25(18-36(56)26(2)51-40(59)15-17-53-41(60)12-13-42(53)61)43(62)52-28-6-5-7-31(19-28)63-30-10-8-27(9-11-30)44-64-39-22-32-33-21-35(49)34-20-29(55)14-16-45(34,3)47(33,50)37(57)23-46(32,4)48(39,65-44)38(58)24-54/h5-14,16,19-20,25-26,32-33,35,37,39,44,54,57H,15,17-18,21-24H2,1-4H3,(H,51,59)(H,52,62)/t25-,26+,32+,33+,35+,37+,39-,44?,45+,46+,47+,48-/m1/s1. The zero-order valence-corrected chi connectivity index (χ0v) is 36.3. The van der Waals surface area contributed by atoms with Crippen molar-refractivity contribution in [2.45, 2.75) is 102 Å². The number of alkyl halides is 2. The monoisotopic (exact) mass is 899 g/mol. The molecule has 6 aliphatic rings. The highest BCUT2D eigenvalue weighted by Gasteiger charge is 2.80. The number of ketones is 3. The Hall–Kier alpha value is -5.75. The smallest absolute Gasteiger partial charge is 0.253 e. The summed E-state index contributed by atoms with van der Waals surface area (Å²) in [5.41, 5.74) is -6.16. The van der Waals surface area contributed by atoms with Gasteiger partial charge in [-0.05, 0) is 81.0 Å². The Labute approximate surface area is 373 Å². The van der Waals surface area contributed by atoms with E-state index in [1.807, 2.05) is 0 Å². The van der Waals surface area contributed by atoms with E-state index in [0.717, 1.165) is 23.1 Å². The van der Waals surface area contributed by atoms with Crippen molar-refractivity contribution in [3.8, 4) is 11.5 Å². The second-order valence-electron chi connectivity index (χ2n) is 18.4. The lowest BCUT2D eigenvalue weighted by Gasteiger charge is -2.63. The summed E-state index contributed by atoms with van der Waals surface area (Å²) in [6.45, 7) is 5.24. The number of carbonyl (C=O) groups is 7. The van der Waals surface area contributed by atoms with Crippen LogP contribution in [0.3, 0.4) is 0 Å². The highest BCUT2D eigenvalue weighted by Crippen LogP contribution is 2.72. The molecule has 0 spiro atoms. The number of aliphatic hydroxyl groups excluding tert-OH is 2. The number of carbonyl (C=O) groups excluding carboxylic acids is 7. The number of anilines is 1. The van der Waals surface area contributed by atoms with Crippen molar-refractivity contribution >= 4 is 46.7 Å². The van der Waals surface area contributed by atoms with E-state index in [4.69, 9.17) is 14.2 Å².